The summed E-state index contributed by atoms with van der Waals surface area (Å²) in [6.45, 7) is 8.55. The van der Waals surface area contributed by atoms with Crippen molar-refractivity contribution in [3.05, 3.63) is 40.4 Å². The van der Waals surface area contributed by atoms with Gasteiger partial charge in [0.2, 0.25) is 5.91 Å². The molecule has 1 aromatic carbocycles. The van der Waals surface area contributed by atoms with E-state index >= 15 is 0 Å². The number of hydrogen-bond acceptors (Lipinski definition) is 7. The molecular weight excluding hydrogens is 550 g/mol. The molecule has 39 heavy (non-hydrogen) atoms. The highest BCUT2D eigenvalue weighted by atomic mass is 35.5. The number of Topliss-reactive ketones (excluding diaryl/α,β-unsaturated/α-hetero) is 2. The van der Waals surface area contributed by atoms with Crippen molar-refractivity contribution in [2.75, 3.05) is 31.1 Å². The predicted octanol–water partition coefficient (Wildman–Crippen LogP) is 6.11. The van der Waals surface area contributed by atoms with Crippen LogP contribution in [0.5, 0.6) is 0 Å². The van der Waals surface area contributed by atoms with Crippen LogP contribution in [0.4, 0.5) is 0 Å². The largest absolute Gasteiger partial charge is 0.353 e. The third kappa shape index (κ3) is 8.87. The molecule has 6 nitrogen and oxygen atoms in total. The van der Waals surface area contributed by atoms with Gasteiger partial charge in [-0.3, -0.25) is 19.3 Å². The number of thiazole rings is 1. The second kappa shape index (κ2) is 14.8. The summed E-state index contributed by atoms with van der Waals surface area (Å²) in [5.41, 5.74) is 1.52. The van der Waals surface area contributed by atoms with E-state index in [1.54, 1.807) is 0 Å². The fourth-order valence-corrected chi connectivity index (χ4v) is 7.89. The zero-order chi connectivity index (χ0) is 27.8. The number of carbonyl (C=O) groups is 3. The first-order valence-corrected chi connectivity index (χ1v) is 16.6. The lowest BCUT2D eigenvalue weighted by molar-refractivity contribution is -0.130. The molecule has 4 rings (SSSR count). The lowest BCUT2D eigenvalue weighted by Crippen LogP contribution is -2.44. The van der Waals surface area contributed by atoms with Crippen molar-refractivity contribution in [1.82, 2.24) is 15.2 Å². The van der Waals surface area contributed by atoms with E-state index in [0.29, 0.717) is 48.7 Å². The van der Waals surface area contributed by atoms with Gasteiger partial charge in [-0.05, 0) is 43.4 Å². The van der Waals surface area contributed by atoms with Crippen molar-refractivity contribution in [3.63, 3.8) is 0 Å². The molecule has 2 heterocycles. The van der Waals surface area contributed by atoms with Gasteiger partial charge in [0.25, 0.3) is 0 Å². The van der Waals surface area contributed by atoms with E-state index in [1.165, 1.54) is 11.3 Å². The molecule has 9 heteroatoms. The van der Waals surface area contributed by atoms with E-state index < -0.39 is 5.92 Å². The lowest BCUT2D eigenvalue weighted by atomic mass is 9.90. The number of rotatable bonds is 14. The normalized spacial score (nSPS) is 18.2. The summed E-state index contributed by atoms with van der Waals surface area (Å²) in [4.78, 5) is 46.1. The number of hydrogen-bond donors (Lipinski definition) is 1. The highest BCUT2D eigenvalue weighted by Crippen LogP contribution is 2.31. The topological polar surface area (TPSA) is 79.4 Å². The minimum Gasteiger partial charge on any atom is -0.353 e. The number of benzene rings is 1. The maximum Gasteiger partial charge on any atom is 0.224 e. The van der Waals surface area contributed by atoms with Gasteiger partial charge in [-0.1, -0.05) is 37.9 Å². The van der Waals surface area contributed by atoms with Crippen molar-refractivity contribution in [2.24, 2.45) is 11.8 Å². The number of amides is 1. The third-order valence-corrected chi connectivity index (χ3v) is 10.2. The third-order valence-electron chi connectivity index (χ3n) is 7.95. The van der Waals surface area contributed by atoms with Crippen molar-refractivity contribution in [1.29, 1.82) is 0 Å². The van der Waals surface area contributed by atoms with Gasteiger partial charge in [-0.2, -0.15) is 11.8 Å². The first kappa shape index (κ1) is 30.2. The Balaban J connectivity index is 1.41. The molecule has 1 saturated heterocycles. The van der Waals surface area contributed by atoms with Crippen LogP contribution in [0.1, 0.15) is 63.3 Å². The molecule has 0 bridgehead atoms. The molecule has 2 atom stereocenters. The molecule has 1 aliphatic heterocycles. The van der Waals surface area contributed by atoms with Crippen molar-refractivity contribution < 1.29 is 14.4 Å². The zero-order valence-corrected chi connectivity index (χ0v) is 25.3. The van der Waals surface area contributed by atoms with Gasteiger partial charge < -0.3 is 5.32 Å². The standard InChI is InChI=1S/C30H40ClN3O3S2/c1-3-24(35)16-22(17-29-32-26-9-8-23(31)18-28(26)39-29)30(37)33-25(21-6-4-5-7-21)10-11-27(36)20(2)19-34-12-14-38-15-13-34/h8-9,18,21-22,25H,2-7,10-17,19H2,1H3,(H,33,37)/t22-,25+/m0/s1. The number of halogens is 1. The Kier molecular flexibility index (Phi) is 11.4. The van der Waals surface area contributed by atoms with Gasteiger partial charge in [0, 0.05) is 73.5 Å². The van der Waals surface area contributed by atoms with Crippen molar-refractivity contribution in [3.8, 4) is 0 Å². The van der Waals surface area contributed by atoms with E-state index in [-0.39, 0.29) is 29.9 Å². The van der Waals surface area contributed by atoms with E-state index in [4.69, 9.17) is 16.6 Å². The average Bonchev–Trinajstić information content (AvgIpc) is 3.60. The van der Waals surface area contributed by atoms with Crippen LogP contribution in [0.2, 0.25) is 5.02 Å². The fourth-order valence-electron chi connectivity index (χ4n) is 5.59. The van der Waals surface area contributed by atoms with Crippen LogP contribution in [0.25, 0.3) is 10.2 Å². The van der Waals surface area contributed by atoms with Crippen LogP contribution in [-0.2, 0) is 20.8 Å². The molecule has 1 aliphatic carbocycles. The number of aromatic nitrogens is 1. The first-order chi connectivity index (χ1) is 18.8. The molecule has 1 saturated carbocycles. The first-order valence-electron chi connectivity index (χ1n) is 14.2. The molecular formula is C30H40ClN3O3S2. The van der Waals surface area contributed by atoms with E-state index in [9.17, 15) is 14.4 Å². The SMILES string of the molecule is C=C(CN1CCSCC1)C(=O)CC[C@@H](NC(=O)[C@@H](CC(=O)CC)Cc1nc2ccc(Cl)cc2s1)C1CCCC1. The number of ketones is 2. The van der Waals surface area contributed by atoms with Crippen LogP contribution in [0, 0.1) is 11.8 Å². The van der Waals surface area contributed by atoms with Crippen LogP contribution in [0.3, 0.4) is 0 Å². The highest BCUT2D eigenvalue weighted by Gasteiger charge is 2.31. The van der Waals surface area contributed by atoms with Crippen molar-refractivity contribution >= 4 is 62.4 Å². The maximum atomic E-state index is 13.7. The van der Waals surface area contributed by atoms with Crippen molar-refractivity contribution in [2.45, 2.75) is 70.8 Å². The minimum absolute atomic E-state index is 0.0688. The molecule has 1 aromatic heterocycles. The smallest absolute Gasteiger partial charge is 0.224 e. The number of nitrogens with one attached hydrogen (secondary N) is 1. The molecule has 2 aromatic rings. The van der Waals surface area contributed by atoms with Crippen LogP contribution in [-0.4, -0.2) is 64.5 Å². The Labute approximate surface area is 245 Å². The van der Waals surface area contributed by atoms with Crippen LogP contribution < -0.4 is 5.32 Å². The Morgan fingerprint density at radius 2 is 1.95 bits per heavy atom. The fraction of sp³-hybridized carbons (Fsp3) is 0.600. The van der Waals surface area contributed by atoms with Gasteiger partial charge in [-0.25, -0.2) is 4.98 Å². The quantitative estimate of drug-likeness (QED) is 0.268. The molecule has 0 radical (unpaired) electrons. The Morgan fingerprint density at radius 1 is 1.21 bits per heavy atom. The van der Waals surface area contributed by atoms with Gasteiger partial charge in [0.15, 0.2) is 5.78 Å². The number of carbonyl (C=O) groups excluding carboxylic acids is 3. The average molecular weight is 590 g/mol. The van der Waals surface area contributed by atoms with Gasteiger partial charge >= 0.3 is 0 Å². The molecule has 1 amide bonds. The summed E-state index contributed by atoms with van der Waals surface area (Å²) in [6, 6.07) is 5.51. The molecule has 0 spiro atoms. The van der Waals surface area contributed by atoms with Gasteiger partial charge in [0.1, 0.15) is 5.78 Å². The van der Waals surface area contributed by atoms with E-state index in [2.05, 4.69) is 16.8 Å². The predicted molar refractivity (Wildman–Crippen MR) is 163 cm³/mol. The molecule has 1 N–H and O–H groups in total. The molecule has 212 valence electrons. The number of nitrogens with zero attached hydrogens (tertiary/aromatic N) is 2. The summed E-state index contributed by atoms with van der Waals surface area (Å²) in [5, 5.41) is 4.78. The van der Waals surface area contributed by atoms with Crippen LogP contribution >= 0.6 is 34.7 Å². The summed E-state index contributed by atoms with van der Waals surface area (Å²) in [7, 11) is 0. The molecule has 2 fully saturated rings. The number of thioether (sulfide) groups is 1. The highest BCUT2D eigenvalue weighted by molar-refractivity contribution is 7.99. The van der Waals surface area contributed by atoms with E-state index in [1.807, 2.05) is 36.9 Å². The molecule has 2 aliphatic rings. The monoisotopic (exact) mass is 589 g/mol. The summed E-state index contributed by atoms with van der Waals surface area (Å²) >= 11 is 9.62. The molecule has 0 unspecified atom stereocenters. The summed E-state index contributed by atoms with van der Waals surface area (Å²) in [6.07, 6.45) is 6.42. The van der Waals surface area contributed by atoms with Gasteiger partial charge in [0.05, 0.1) is 21.1 Å². The Morgan fingerprint density at radius 3 is 2.67 bits per heavy atom. The maximum absolute atomic E-state index is 13.7. The van der Waals surface area contributed by atoms with E-state index in [0.717, 1.165) is 65.5 Å². The second-order valence-electron chi connectivity index (χ2n) is 10.8. The lowest BCUT2D eigenvalue weighted by Gasteiger charge is -2.28. The Bertz CT molecular complexity index is 1170. The Hall–Kier alpha value is -1.74. The zero-order valence-electron chi connectivity index (χ0n) is 22.9. The summed E-state index contributed by atoms with van der Waals surface area (Å²) < 4.78 is 0.976. The van der Waals surface area contributed by atoms with Gasteiger partial charge in [-0.15, -0.1) is 11.3 Å². The second-order valence-corrected chi connectivity index (χ2v) is 13.6. The summed E-state index contributed by atoms with van der Waals surface area (Å²) in [5.74, 6) is 2.13. The number of fused-ring (bicyclic) bond motifs is 1. The minimum atomic E-state index is -0.486. The van der Waals surface area contributed by atoms with Crippen LogP contribution in [0.15, 0.2) is 30.4 Å².